The van der Waals surface area contributed by atoms with Crippen molar-refractivity contribution < 1.29 is 13.2 Å². The molecule has 0 N–H and O–H groups in total. The minimum Gasteiger partial charge on any atom is -0.166 e. The van der Waals surface area contributed by atoms with Crippen LogP contribution < -0.4 is 5.30 Å². The Labute approximate surface area is 84.7 Å². The summed E-state index contributed by atoms with van der Waals surface area (Å²) >= 11 is 0. The van der Waals surface area contributed by atoms with Gasteiger partial charge in [-0.3, -0.25) is 0 Å². The zero-order valence-corrected chi connectivity index (χ0v) is 9.60. The summed E-state index contributed by atoms with van der Waals surface area (Å²) in [5.41, 5.74) is -0.287. The number of halogens is 3. The van der Waals surface area contributed by atoms with Gasteiger partial charge in [0.2, 0.25) is 0 Å². The summed E-state index contributed by atoms with van der Waals surface area (Å²) in [6, 6.07) is 4.49. The molecule has 0 heterocycles. The number of hydrogen-bond acceptors (Lipinski definition) is 0. The van der Waals surface area contributed by atoms with Gasteiger partial charge in [0, 0.05) is 0 Å². The maximum absolute atomic E-state index is 12.3. The third-order valence-corrected chi connectivity index (χ3v) is 2.07. The van der Waals surface area contributed by atoms with E-state index in [1.54, 1.807) is 6.07 Å². The smallest absolute Gasteiger partial charge is 0.166 e. The van der Waals surface area contributed by atoms with Crippen molar-refractivity contribution in [2.24, 2.45) is 0 Å². The summed E-state index contributed by atoms with van der Waals surface area (Å²) in [5.74, 6) is 0. The summed E-state index contributed by atoms with van der Waals surface area (Å²) in [7, 11) is 2.09. The van der Waals surface area contributed by atoms with Crippen LogP contribution in [0.5, 0.6) is 0 Å². The molecule has 0 fully saturated rings. The van der Waals surface area contributed by atoms with Crippen LogP contribution >= 0.6 is 9.24 Å². The normalized spacial score (nSPS) is 10.5. The molecule has 0 amide bonds. The van der Waals surface area contributed by atoms with Crippen LogP contribution in [0.3, 0.4) is 0 Å². The molecule has 0 spiro atoms. The molecular weight excluding hydrogens is 208 g/mol. The third kappa shape index (κ3) is 3.30. The van der Waals surface area contributed by atoms with E-state index in [0.717, 1.165) is 0 Å². The van der Waals surface area contributed by atoms with E-state index >= 15 is 0 Å². The Morgan fingerprint density at radius 3 is 1.93 bits per heavy atom. The fourth-order valence-electron chi connectivity index (χ4n) is 1.08. The second-order valence-electron chi connectivity index (χ2n) is 2.54. The molecule has 0 aliphatic rings. The lowest BCUT2D eigenvalue weighted by molar-refractivity contribution is -0.137. The van der Waals surface area contributed by atoms with Gasteiger partial charge in [0.1, 0.15) is 0 Å². The van der Waals surface area contributed by atoms with E-state index in [-0.39, 0.29) is 10.9 Å². The van der Waals surface area contributed by atoms with Crippen molar-refractivity contribution in [2.75, 3.05) is 0 Å². The first-order valence-corrected chi connectivity index (χ1v) is 4.93. The van der Waals surface area contributed by atoms with Crippen molar-refractivity contribution in [1.29, 1.82) is 0 Å². The van der Waals surface area contributed by atoms with Gasteiger partial charge in [0.15, 0.2) is 0 Å². The van der Waals surface area contributed by atoms with Crippen molar-refractivity contribution in [2.45, 2.75) is 26.9 Å². The average molecular weight is 222 g/mol. The van der Waals surface area contributed by atoms with E-state index in [0.29, 0.717) is 0 Å². The van der Waals surface area contributed by atoms with E-state index in [2.05, 4.69) is 9.24 Å². The Bertz CT molecular complexity index is 272. The van der Waals surface area contributed by atoms with Crippen LogP contribution in [-0.4, -0.2) is 0 Å². The predicted molar refractivity (Wildman–Crippen MR) is 56.9 cm³/mol. The topological polar surface area (TPSA) is 0 Å². The van der Waals surface area contributed by atoms with Gasteiger partial charge in [-0.15, -0.1) is 9.24 Å². The maximum Gasteiger partial charge on any atom is 0.417 e. The summed E-state index contributed by atoms with van der Waals surface area (Å²) < 4.78 is 36.9. The van der Waals surface area contributed by atoms with Crippen LogP contribution in [0.1, 0.15) is 25.0 Å². The van der Waals surface area contributed by atoms with E-state index in [9.17, 15) is 13.2 Å². The lowest BCUT2D eigenvalue weighted by atomic mass is 10.1. The predicted octanol–water partition coefficient (Wildman–Crippen LogP) is 3.54. The molecule has 1 atom stereocenters. The number of hydrogen-bond donors (Lipinski definition) is 0. The van der Waals surface area contributed by atoms with Gasteiger partial charge in [0.25, 0.3) is 0 Å². The van der Waals surface area contributed by atoms with Crippen LogP contribution in [0.2, 0.25) is 0 Å². The molecule has 4 heteroatoms. The number of aryl methyl sites for hydroxylation is 1. The highest BCUT2D eigenvalue weighted by molar-refractivity contribution is 7.27. The largest absolute Gasteiger partial charge is 0.417 e. The second kappa shape index (κ2) is 5.35. The molecule has 1 unspecified atom stereocenters. The molecule has 0 bridgehead atoms. The van der Waals surface area contributed by atoms with Crippen LogP contribution in [0.25, 0.3) is 0 Å². The van der Waals surface area contributed by atoms with E-state index in [1.807, 2.05) is 13.8 Å². The van der Waals surface area contributed by atoms with Crippen LogP contribution in [-0.2, 0) is 6.18 Å². The third-order valence-electron chi connectivity index (χ3n) is 1.59. The van der Waals surface area contributed by atoms with Crippen molar-refractivity contribution >= 4 is 14.5 Å². The lowest BCUT2D eigenvalue weighted by Crippen LogP contribution is -2.16. The van der Waals surface area contributed by atoms with E-state index in [4.69, 9.17) is 0 Å². The molecule has 1 rings (SSSR count). The highest BCUT2D eigenvalue weighted by Crippen LogP contribution is 2.31. The van der Waals surface area contributed by atoms with Crippen molar-refractivity contribution in [3.05, 3.63) is 29.3 Å². The standard InChI is InChI=1S/C8H8F3P.C2H6/c1-5-3-2-4-6(12)7(5)8(9,10)11;1-2/h2-4H,12H2,1H3;1-2H3. The zero-order chi connectivity index (χ0) is 11.4. The summed E-state index contributed by atoms with van der Waals surface area (Å²) in [5, 5.41) is 0.197. The van der Waals surface area contributed by atoms with Crippen LogP contribution in [0, 0.1) is 6.92 Å². The Balaban J connectivity index is 0.000000791. The molecule has 0 aliphatic heterocycles. The Kier molecular flexibility index (Phi) is 5.14. The lowest BCUT2D eigenvalue weighted by Gasteiger charge is -2.12. The van der Waals surface area contributed by atoms with Gasteiger partial charge >= 0.3 is 6.18 Å². The van der Waals surface area contributed by atoms with Crippen molar-refractivity contribution in [3.8, 4) is 0 Å². The van der Waals surface area contributed by atoms with Gasteiger partial charge in [-0.05, 0) is 17.8 Å². The first-order chi connectivity index (χ1) is 6.43. The molecule has 0 aromatic heterocycles. The minimum atomic E-state index is -4.25. The molecular formula is C10H14F3P. The fraction of sp³-hybridized carbons (Fsp3) is 0.400. The molecule has 14 heavy (non-hydrogen) atoms. The number of rotatable bonds is 0. The molecule has 1 aromatic carbocycles. The van der Waals surface area contributed by atoms with Crippen molar-refractivity contribution in [1.82, 2.24) is 0 Å². The van der Waals surface area contributed by atoms with Gasteiger partial charge in [-0.25, -0.2) is 0 Å². The minimum absolute atomic E-state index is 0.197. The first-order valence-electron chi connectivity index (χ1n) is 4.35. The molecule has 0 nitrogen and oxygen atoms in total. The SMILES string of the molecule is CC.Cc1cccc(P)c1C(F)(F)F. The molecule has 0 saturated heterocycles. The Morgan fingerprint density at radius 2 is 1.64 bits per heavy atom. The Hall–Kier alpha value is -0.560. The quantitative estimate of drug-likeness (QED) is 0.589. The van der Waals surface area contributed by atoms with Gasteiger partial charge in [0.05, 0.1) is 5.56 Å². The van der Waals surface area contributed by atoms with Gasteiger partial charge < -0.3 is 0 Å². The van der Waals surface area contributed by atoms with Crippen LogP contribution in [0.4, 0.5) is 13.2 Å². The molecule has 0 radical (unpaired) electrons. The van der Waals surface area contributed by atoms with Gasteiger partial charge in [-0.2, -0.15) is 13.2 Å². The molecule has 80 valence electrons. The Morgan fingerprint density at radius 1 is 1.14 bits per heavy atom. The summed E-state index contributed by atoms with van der Waals surface area (Å²) in [6.45, 7) is 5.45. The molecule has 0 saturated carbocycles. The van der Waals surface area contributed by atoms with Crippen molar-refractivity contribution in [3.63, 3.8) is 0 Å². The fourth-order valence-corrected chi connectivity index (χ4v) is 1.58. The molecule has 0 aliphatic carbocycles. The maximum atomic E-state index is 12.3. The summed E-state index contributed by atoms with van der Waals surface area (Å²) in [6.07, 6.45) is -4.25. The second-order valence-corrected chi connectivity index (χ2v) is 3.16. The van der Waals surface area contributed by atoms with E-state index < -0.39 is 11.7 Å². The number of alkyl halides is 3. The highest BCUT2D eigenvalue weighted by Gasteiger charge is 2.33. The average Bonchev–Trinajstić information content (AvgIpc) is 2.05. The molecule has 1 aromatic rings. The monoisotopic (exact) mass is 222 g/mol. The van der Waals surface area contributed by atoms with Gasteiger partial charge in [-0.1, -0.05) is 32.0 Å². The zero-order valence-electron chi connectivity index (χ0n) is 8.44. The first kappa shape index (κ1) is 13.4. The summed E-state index contributed by atoms with van der Waals surface area (Å²) in [4.78, 5) is 0. The van der Waals surface area contributed by atoms with Crippen LogP contribution in [0.15, 0.2) is 18.2 Å². The highest BCUT2D eigenvalue weighted by atomic mass is 31.0. The van der Waals surface area contributed by atoms with E-state index in [1.165, 1.54) is 19.1 Å². The number of benzene rings is 1.